The number of anilines is 1. The summed E-state index contributed by atoms with van der Waals surface area (Å²) in [6.07, 6.45) is 0.475. The molecule has 100 valence electrons. The largest absolute Gasteiger partial charge is 0.481 e. The van der Waals surface area contributed by atoms with Crippen molar-refractivity contribution in [2.75, 3.05) is 11.9 Å². The van der Waals surface area contributed by atoms with Crippen LogP contribution in [0.4, 0.5) is 5.13 Å². The molecule has 0 unspecified atom stereocenters. The summed E-state index contributed by atoms with van der Waals surface area (Å²) in [6.45, 7) is 3.90. The van der Waals surface area contributed by atoms with Crippen molar-refractivity contribution in [3.05, 3.63) is 11.1 Å². The van der Waals surface area contributed by atoms with Gasteiger partial charge >= 0.3 is 5.97 Å². The van der Waals surface area contributed by atoms with Crippen LogP contribution in [0.5, 0.6) is 0 Å². The lowest BCUT2D eigenvalue weighted by molar-refractivity contribution is -0.137. The van der Waals surface area contributed by atoms with Crippen molar-refractivity contribution in [2.24, 2.45) is 11.1 Å². The maximum Gasteiger partial charge on any atom is 0.303 e. The predicted molar refractivity (Wildman–Crippen MR) is 69.5 cm³/mol. The van der Waals surface area contributed by atoms with Gasteiger partial charge in [-0.15, -0.1) is 11.3 Å². The van der Waals surface area contributed by atoms with E-state index in [1.54, 1.807) is 13.8 Å². The molecule has 6 nitrogen and oxygen atoms in total. The van der Waals surface area contributed by atoms with Gasteiger partial charge in [0, 0.05) is 18.3 Å². The zero-order chi connectivity index (χ0) is 13.8. The van der Waals surface area contributed by atoms with Crippen LogP contribution in [0.15, 0.2) is 5.38 Å². The maximum atomic E-state index is 11.1. The fraction of sp³-hybridized carbons (Fsp3) is 0.545. The van der Waals surface area contributed by atoms with E-state index in [1.807, 2.05) is 5.38 Å². The van der Waals surface area contributed by atoms with Crippen molar-refractivity contribution in [1.82, 2.24) is 4.98 Å². The Morgan fingerprint density at radius 2 is 2.22 bits per heavy atom. The number of amides is 1. The number of aryl methyl sites for hydroxylation is 1. The Balaban J connectivity index is 2.49. The second-order valence-corrected chi connectivity index (χ2v) is 5.50. The molecule has 4 N–H and O–H groups in total. The van der Waals surface area contributed by atoms with E-state index in [2.05, 4.69) is 10.3 Å². The second kappa shape index (κ2) is 5.81. The first-order valence-electron chi connectivity index (χ1n) is 5.51. The Labute approximate surface area is 109 Å². The summed E-state index contributed by atoms with van der Waals surface area (Å²) in [5.41, 5.74) is 5.35. The van der Waals surface area contributed by atoms with Gasteiger partial charge in [-0.1, -0.05) is 0 Å². The topological polar surface area (TPSA) is 105 Å². The first-order valence-corrected chi connectivity index (χ1v) is 6.39. The zero-order valence-electron chi connectivity index (χ0n) is 10.4. The molecular formula is C11H17N3O3S. The number of nitrogens with zero attached hydrogens (tertiary/aromatic N) is 1. The molecule has 0 fully saturated rings. The lowest BCUT2D eigenvalue weighted by Gasteiger charge is -2.20. The number of thiazole rings is 1. The summed E-state index contributed by atoms with van der Waals surface area (Å²) in [4.78, 5) is 25.8. The number of hydrogen-bond acceptors (Lipinski definition) is 5. The Hall–Kier alpha value is -1.63. The highest BCUT2D eigenvalue weighted by Gasteiger charge is 2.24. The Morgan fingerprint density at radius 3 is 2.78 bits per heavy atom. The quantitative estimate of drug-likeness (QED) is 0.688. The van der Waals surface area contributed by atoms with Gasteiger partial charge in [0.2, 0.25) is 5.91 Å². The maximum absolute atomic E-state index is 11.1. The van der Waals surface area contributed by atoms with Crippen molar-refractivity contribution in [2.45, 2.75) is 26.7 Å². The molecule has 7 heteroatoms. The van der Waals surface area contributed by atoms with Gasteiger partial charge in [-0.2, -0.15) is 0 Å². The lowest BCUT2D eigenvalue weighted by Crippen LogP contribution is -2.37. The highest BCUT2D eigenvalue weighted by Crippen LogP contribution is 2.20. The standard InChI is InChI=1S/C11H17N3O3S/c1-11(2,9(12)17)6-13-10-14-7(5-18-10)3-4-8(15)16/h5H,3-4,6H2,1-2H3,(H2,12,17)(H,13,14)(H,15,16). The Kier molecular flexibility index (Phi) is 4.66. The molecule has 0 radical (unpaired) electrons. The first kappa shape index (κ1) is 14.4. The van der Waals surface area contributed by atoms with E-state index in [1.165, 1.54) is 11.3 Å². The smallest absolute Gasteiger partial charge is 0.303 e. The number of aliphatic carboxylic acids is 1. The fourth-order valence-corrected chi connectivity index (χ4v) is 1.87. The van der Waals surface area contributed by atoms with Gasteiger partial charge in [0.1, 0.15) is 0 Å². The average Bonchev–Trinajstić information content (AvgIpc) is 2.71. The number of aromatic nitrogens is 1. The highest BCUT2D eigenvalue weighted by atomic mass is 32.1. The second-order valence-electron chi connectivity index (χ2n) is 4.64. The predicted octanol–water partition coefficient (Wildman–Crippen LogP) is 1.08. The molecule has 0 atom stereocenters. The third-order valence-corrected chi connectivity index (χ3v) is 3.34. The van der Waals surface area contributed by atoms with Gasteiger partial charge in [0.05, 0.1) is 17.5 Å². The fourth-order valence-electron chi connectivity index (χ4n) is 1.12. The van der Waals surface area contributed by atoms with Gasteiger partial charge in [-0.25, -0.2) is 4.98 Å². The number of primary amides is 1. The van der Waals surface area contributed by atoms with Crippen molar-refractivity contribution >= 4 is 28.3 Å². The molecule has 0 aliphatic heterocycles. The molecule has 1 aromatic rings. The number of carboxylic acid groups (broad SMARTS) is 1. The van der Waals surface area contributed by atoms with Crippen LogP contribution < -0.4 is 11.1 Å². The molecule has 0 aliphatic rings. The van der Waals surface area contributed by atoms with Crippen LogP contribution in [-0.2, 0) is 16.0 Å². The molecule has 1 aromatic heterocycles. The van der Waals surface area contributed by atoms with Crippen molar-refractivity contribution < 1.29 is 14.7 Å². The summed E-state index contributed by atoms with van der Waals surface area (Å²) in [5.74, 6) is -1.22. The number of carboxylic acids is 1. The van der Waals surface area contributed by atoms with Gasteiger partial charge < -0.3 is 16.2 Å². The van der Waals surface area contributed by atoms with Gasteiger partial charge in [-0.3, -0.25) is 9.59 Å². The summed E-state index contributed by atoms with van der Waals surface area (Å²) >= 11 is 1.39. The van der Waals surface area contributed by atoms with Crippen molar-refractivity contribution in [1.29, 1.82) is 0 Å². The molecule has 1 amide bonds. The summed E-state index contributed by atoms with van der Waals surface area (Å²) in [6, 6.07) is 0. The number of carbonyl (C=O) groups is 2. The zero-order valence-corrected chi connectivity index (χ0v) is 11.2. The van der Waals surface area contributed by atoms with Gasteiger partial charge in [0.15, 0.2) is 5.13 Å². The number of hydrogen-bond donors (Lipinski definition) is 3. The monoisotopic (exact) mass is 271 g/mol. The molecule has 0 aromatic carbocycles. The van der Waals surface area contributed by atoms with Gasteiger partial charge in [0.25, 0.3) is 0 Å². The van der Waals surface area contributed by atoms with Crippen LogP contribution in [0.25, 0.3) is 0 Å². The molecule has 1 rings (SSSR count). The van der Waals surface area contributed by atoms with E-state index in [0.717, 1.165) is 5.69 Å². The van der Waals surface area contributed by atoms with Crippen LogP contribution >= 0.6 is 11.3 Å². The Morgan fingerprint density at radius 1 is 1.56 bits per heavy atom. The van der Waals surface area contributed by atoms with E-state index in [4.69, 9.17) is 10.8 Å². The minimum Gasteiger partial charge on any atom is -0.481 e. The molecule has 0 aliphatic carbocycles. The van der Waals surface area contributed by atoms with Crippen molar-refractivity contribution in [3.8, 4) is 0 Å². The SMILES string of the molecule is CC(C)(CNc1nc(CCC(=O)O)cs1)C(N)=O. The van der Waals surface area contributed by atoms with E-state index < -0.39 is 11.4 Å². The molecule has 0 saturated heterocycles. The highest BCUT2D eigenvalue weighted by molar-refractivity contribution is 7.13. The van der Waals surface area contributed by atoms with Crippen LogP contribution in [0.1, 0.15) is 26.0 Å². The summed E-state index contributed by atoms with van der Waals surface area (Å²) in [7, 11) is 0. The molecule has 18 heavy (non-hydrogen) atoms. The number of rotatable bonds is 7. The number of carbonyl (C=O) groups excluding carboxylic acids is 1. The molecular weight excluding hydrogens is 254 g/mol. The van der Waals surface area contributed by atoms with Crippen LogP contribution in [0.2, 0.25) is 0 Å². The minimum atomic E-state index is -0.840. The van der Waals surface area contributed by atoms with E-state index in [9.17, 15) is 9.59 Å². The summed E-state index contributed by atoms with van der Waals surface area (Å²) < 4.78 is 0. The molecule has 0 bridgehead atoms. The van der Waals surface area contributed by atoms with Crippen LogP contribution in [0.3, 0.4) is 0 Å². The lowest BCUT2D eigenvalue weighted by atomic mass is 9.93. The normalized spacial score (nSPS) is 11.2. The van der Waals surface area contributed by atoms with E-state index >= 15 is 0 Å². The average molecular weight is 271 g/mol. The van der Waals surface area contributed by atoms with E-state index in [-0.39, 0.29) is 12.3 Å². The van der Waals surface area contributed by atoms with E-state index in [0.29, 0.717) is 18.1 Å². The van der Waals surface area contributed by atoms with Crippen LogP contribution in [0, 0.1) is 5.41 Å². The third kappa shape index (κ3) is 4.33. The third-order valence-electron chi connectivity index (χ3n) is 2.50. The first-order chi connectivity index (χ1) is 8.31. The number of nitrogens with one attached hydrogen (secondary N) is 1. The van der Waals surface area contributed by atoms with Crippen molar-refractivity contribution in [3.63, 3.8) is 0 Å². The van der Waals surface area contributed by atoms with Crippen LogP contribution in [-0.4, -0.2) is 28.5 Å². The Bertz CT molecular complexity index is 442. The molecule has 1 heterocycles. The van der Waals surface area contributed by atoms with Gasteiger partial charge in [-0.05, 0) is 13.8 Å². The number of nitrogens with two attached hydrogens (primary N) is 1. The minimum absolute atomic E-state index is 0.0654. The summed E-state index contributed by atoms with van der Waals surface area (Å²) in [5, 5.41) is 14.1. The molecule has 0 spiro atoms. The molecule has 0 saturated carbocycles.